The van der Waals surface area contributed by atoms with Crippen LogP contribution in [0.5, 0.6) is 5.75 Å². The number of rotatable bonds is 5. The number of hydrogen-bond donors (Lipinski definition) is 2. The number of para-hydroxylation sites is 3. The highest BCUT2D eigenvalue weighted by atomic mass is 16.5. The van der Waals surface area contributed by atoms with E-state index in [1.165, 1.54) is 0 Å². The number of nitrogens with one attached hydrogen (secondary N) is 2. The maximum absolute atomic E-state index is 13.2. The molecule has 1 aromatic heterocycles. The number of H-pyrrole nitrogens is 1. The number of benzene rings is 2. The Morgan fingerprint density at radius 3 is 2.54 bits per heavy atom. The number of aromatic nitrogens is 1. The van der Waals surface area contributed by atoms with Crippen LogP contribution in [0, 0.1) is 6.92 Å². The molecule has 26 heavy (non-hydrogen) atoms. The van der Waals surface area contributed by atoms with Crippen LogP contribution in [0.4, 0.5) is 5.69 Å². The first kappa shape index (κ1) is 16.7. The lowest BCUT2D eigenvalue weighted by Crippen LogP contribution is -2.28. The third kappa shape index (κ3) is 2.75. The van der Waals surface area contributed by atoms with Crippen molar-refractivity contribution in [2.45, 2.75) is 45.1 Å². The van der Waals surface area contributed by atoms with Crippen LogP contribution in [0.15, 0.2) is 48.5 Å². The molecule has 0 saturated heterocycles. The summed E-state index contributed by atoms with van der Waals surface area (Å²) < 4.78 is 5.84. The molecule has 1 heterocycles. The van der Waals surface area contributed by atoms with E-state index in [0.717, 1.165) is 40.7 Å². The van der Waals surface area contributed by atoms with Crippen LogP contribution in [0.2, 0.25) is 0 Å². The maximum Gasteiger partial charge on any atom is 0.235 e. The molecule has 0 aliphatic heterocycles. The van der Waals surface area contributed by atoms with Gasteiger partial charge in [0.1, 0.15) is 5.75 Å². The predicted molar refractivity (Wildman–Crippen MR) is 105 cm³/mol. The normalized spacial score (nSPS) is 15.2. The number of carbonyl (C=O) groups is 1. The molecule has 0 bridgehead atoms. The molecule has 2 aromatic carbocycles. The second-order valence-electron chi connectivity index (χ2n) is 7.37. The first-order valence-electron chi connectivity index (χ1n) is 9.16. The summed E-state index contributed by atoms with van der Waals surface area (Å²) in [7, 11) is 0. The van der Waals surface area contributed by atoms with Gasteiger partial charge in [-0.25, -0.2) is 0 Å². The van der Waals surface area contributed by atoms with Crippen molar-refractivity contribution in [3.63, 3.8) is 0 Å². The molecule has 1 fully saturated rings. The van der Waals surface area contributed by atoms with Crippen molar-refractivity contribution >= 4 is 22.5 Å². The topological polar surface area (TPSA) is 54.1 Å². The van der Waals surface area contributed by atoms with E-state index in [9.17, 15) is 4.79 Å². The Morgan fingerprint density at radius 1 is 1.12 bits per heavy atom. The fourth-order valence-electron chi connectivity index (χ4n) is 3.78. The van der Waals surface area contributed by atoms with E-state index in [1.807, 2.05) is 50.2 Å². The van der Waals surface area contributed by atoms with Gasteiger partial charge in [0.25, 0.3) is 0 Å². The van der Waals surface area contributed by atoms with E-state index >= 15 is 0 Å². The van der Waals surface area contributed by atoms with Crippen LogP contribution in [0.3, 0.4) is 0 Å². The first-order chi connectivity index (χ1) is 12.5. The van der Waals surface area contributed by atoms with Crippen LogP contribution in [-0.2, 0) is 10.2 Å². The molecular weight excluding hydrogens is 324 g/mol. The number of ether oxygens (including phenoxy) is 1. The summed E-state index contributed by atoms with van der Waals surface area (Å²) in [5.74, 6) is 0.757. The minimum Gasteiger partial charge on any atom is -0.489 e. The van der Waals surface area contributed by atoms with E-state index in [1.54, 1.807) is 0 Å². The van der Waals surface area contributed by atoms with E-state index in [-0.39, 0.29) is 12.0 Å². The van der Waals surface area contributed by atoms with Gasteiger partial charge in [-0.05, 0) is 57.4 Å². The van der Waals surface area contributed by atoms with E-state index in [0.29, 0.717) is 5.75 Å². The molecule has 3 aromatic rings. The van der Waals surface area contributed by atoms with Crippen LogP contribution in [-0.4, -0.2) is 17.0 Å². The lowest BCUT2D eigenvalue weighted by atomic mass is 9.92. The second kappa shape index (κ2) is 6.20. The Kier molecular flexibility index (Phi) is 3.98. The van der Waals surface area contributed by atoms with Gasteiger partial charge >= 0.3 is 0 Å². The van der Waals surface area contributed by atoms with Crippen molar-refractivity contribution in [1.29, 1.82) is 0 Å². The van der Waals surface area contributed by atoms with E-state index in [4.69, 9.17) is 4.74 Å². The lowest BCUT2D eigenvalue weighted by molar-refractivity contribution is -0.118. The summed E-state index contributed by atoms with van der Waals surface area (Å²) >= 11 is 0. The Balaban J connectivity index is 1.68. The van der Waals surface area contributed by atoms with Gasteiger partial charge in [0.2, 0.25) is 5.91 Å². The number of anilines is 1. The van der Waals surface area contributed by atoms with E-state index in [2.05, 4.69) is 29.4 Å². The van der Waals surface area contributed by atoms with Crippen LogP contribution < -0.4 is 10.1 Å². The van der Waals surface area contributed by atoms with Crippen molar-refractivity contribution in [2.75, 3.05) is 5.32 Å². The van der Waals surface area contributed by atoms with Gasteiger partial charge in [-0.15, -0.1) is 0 Å². The largest absolute Gasteiger partial charge is 0.489 e. The Morgan fingerprint density at radius 2 is 1.81 bits per heavy atom. The summed E-state index contributed by atoms with van der Waals surface area (Å²) in [5.41, 5.74) is 3.57. The summed E-state index contributed by atoms with van der Waals surface area (Å²) in [5, 5.41) is 4.26. The molecule has 0 radical (unpaired) electrons. The summed E-state index contributed by atoms with van der Waals surface area (Å²) in [6.45, 7) is 6.02. The molecule has 4 nitrogen and oxygen atoms in total. The molecule has 1 aliphatic rings. The molecule has 2 N–H and O–H groups in total. The minimum atomic E-state index is -0.450. The molecule has 0 atom stereocenters. The van der Waals surface area contributed by atoms with Gasteiger partial charge < -0.3 is 15.0 Å². The fraction of sp³-hybridized carbons (Fsp3) is 0.318. The quantitative estimate of drug-likeness (QED) is 0.686. The molecule has 4 rings (SSSR count). The average molecular weight is 348 g/mol. The van der Waals surface area contributed by atoms with Crippen molar-refractivity contribution in [3.8, 4) is 5.75 Å². The standard InChI is InChI=1S/C22H24N2O2/c1-14(2)26-19-11-7-6-10-18(19)24-21(25)22(12-13-22)20-15(3)23-17-9-5-4-8-16(17)20/h4-11,14,23H,12-13H2,1-3H3,(H,24,25). The highest BCUT2D eigenvalue weighted by Crippen LogP contribution is 2.52. The Labute approximate surface area is 153 Å². The number of hydrogen-bond acceptors (Lipinski definition) is 2. The van der Waals surface area contributed by atoms with Gasteiger partial charge in [0, 0.05) is 16.6 Å². The monoisotopic (exact) mass is 348 g/mol. The number of carbonyl (C=O) groups excluding carboxylic acids is 1. The number of amides is 1. The molecule has 1 saturated carbocycles. The highest BCUT2D eigenvalue weighted by molar-refractivity contribution is 6.05. The van der Waals surface area contributed by atoms with Crippen LogP contribution >= 0.6 is 0 Å². The zero-order valence-corrected chi connectivity index (χ0v) is 15.4. The van der Waals surface area contributed by atoms with Crippen molar-refractivity contribution < 1.29 is 9.53 Å². The second-order valence-corrected chi connectivity index (χ2v) is 7.37. The maximum atomic E-state index is 13.2. The van der Waals surface area contributed by atoms with Gasteiger partial charge in [0.15, 0.2) is 0 Å². The predicted octanol–water partition coefficient (Wildman–Crippen LogP) is 4.93. The molecule has 1 amide bonds. The van der Waals surface area contributed by atoms with Crippen LogP contribution in [0.25, 0.3) is 10.9 Å². The molecule has 4 heteroatoms. The van der Waals surface area contributed by atoms with Gasteiger partial charge in [-0.2, -0.15) is 0 Å². The average Bonchev–Trinajstić information content (AvgIpc) is 3.33. The first-order valence-corrected chi connectivity index (χ1v) is 9.16. The number of aromatic amines is 1. The molecule has 134 valence electrons. The fourth-order valence-corrected chi connectivity index (χ4v) is 3.78. The minimum absolute atomic E-state index is 0.0464. The SMILES string of the molecule is Cc1[nH]c2ccccc2c1C1(C(=O)Nc2ccccc2OC(C)C)CC1. The third-order valence-corrected chi connectivity index (χ3v) is 5.05. The molecule has 1 aliphatic carbocycles. The lowest BCUT2D eigenvalue weighted by Gasteiger charge is -2.19. The van der Waals surface area contributed by atoms with Gasteiger partial charge in [-0.1, -0.05) is 30.3 Å². The highest BCUT2D eigenvalue weighted by Gasteiger charge is 2.53. The number of aryl methyl sites for hydroxylation is 1. The Bertz CT molecular complexity index is 967. The molecule has 0 spiro atoms. The number of fused-ring (bicyclic) bond motifs is 1. The zero-order valence-electron chi connectivity index (χ0n) is 15.4. The van der Waals surface area contributed by atoms with Gasteiger partial charge in [-0.3, -0.25) is 4.79 Å². The van der Waals surface area contributed by atoms with Crippen molar-refractivity contribution in [3.05, 3.63) is 59.8 Å². The third-order valence-electron chi connectivity index (χ3n) is 5.05. The van der Waals surface area contributed by atoms with E-state index < -0.39 is 5.41 Å². The summed E-state index contributed by atoms with van der Waals surface area (Å²) in [4.78, 5) is 16.7. The smallest absolute Gasteiger partial charge is 0.235 e. The molecular formula is C22H24N2O2. The molecule has 0 unspecified atom stereocenters. The van der Waals surface area contributed by atoms with Crippen molar-refractivity contribution in [2.24, 2.45) is 0 Å². The summed E-state index contributed by atoms with van der Waals surface area (Å²) in [6.07, 6.45) is 1.79. The Hall–Kier alpha value is -2.75. The van der Waals surface area contributed by atoms with Crippen molar-refractivity contribution in [1.82, 2.24) is 4.98 Å². The summed E-state index contributed by atoms with van der Waals surface area (Å²) in [6, 6.07) is 15.8. The zero-order chi connectivity index (χ0) is 18.3. The van der Waals surface area contributed by atoms with Crippen LogP contribution in [0.1, 0.15) is 37.9 Å². The van der Waals surface area contributed by atoms with Gasteiger partial charge in [0.05, 0.1) is 17.2 Å².